The number of hydrogen-bond donors (Lipinski definition) is 2. The van der Waals surface area contributed by atoms with E-state index in [9.17, 15) is 13.2 Å². The lowest BCUT2D eigenvalue weighted by Crippen LogP contribution is -2.36. The second-order valence-electron chi connectivity index (χ2n) is 9.33. The van der Waals surface area contributed by atoms with Crippen molar-refractivity contribution in [2.75, 3.05) is 10.0 Å². The van der Waals surface area contributed by atoms with E-state index in [-0.39, 0.29) is 18.0 Å². The summed E-state index contributed by atoms with van der Waals surface area (Å²) in [5, 5.41) is 2.51. The Morgan fingerprint density at radius 1 is 1.03 bits per heavy atom. The number of amides is 1. The van der Waals surface area contributed by atoms with Crippen LogP contribution < -0.4 is 14.8 Å². The van der Waals surface area contributed by atoms with E-state index in [1.54, 1.807) is 44.4 Å². The van der Waals surface area contributed by atoms with Crippen LogP contribution in [0.3, 0.4) is 0 Å². The molecule has 2 aliphatic carbocycles. The van der Waals surface area contributed by atoms with Crippen LogP contribution in [-0.4, -0.2) is 45.6 Å². The first-order valence-corrected chi connectivity index (χ1v) is 13.0. The van der Waals surface area contributed by atoms with E-state index in [1.165, 1.54) is 6.20 Å². The average molecular weight is 495 g/mol. The molecule has 0 unspecified atom stereocenters. The average Bonchev–Trinajstić information content (AvgIpc) is 3.74. The first-order chi connectivity index (χ1) is 16.7. The number of nitrogens with one attached hydrogen (secondary N) is 2. The predicted octanol–water partition coefficient (Wildman–Crippen LogP) is 3.30. The van der Waals surface area contributed by atoms with Crippen LogP contribution in [0.2, 0.25) is 0 Å². The van der Waals surface area contributed by atoms with Gasteiger partial charge in [-0.2, -0.15) is 0 Å². The zero-order valence-corrected chi connectivity index (χ0v) is 20.2. The Hall–Kier alpha value is -3.60. The maximum Gasteiger partial charge on any atom is 0.237 e. The molecule has 1 amide bonds. The number of carbonyl (C=O) groups excluding carboxylic acids is 1. The van der Waals surface area contributed by atoms with Gasteiger partial charge in [0.25, 0.3) is 0 Å². The predicted molar refractivity (Wildman–Crippen MR) is 130 cm³/mol. The number of hydrogen-bond acceptors (Lipinski definition) is 8. The molecule has 0 aliphatic heterocycles. The molecule has 5 rings (SSSR count). The molecule has 3 aromatic rings. The van der Waals surface area contributed by atoms with E-state index < -0.39 is 20.7 Å². The van der Waals surface area contributed by atoms with Gasteiger partial charge < -0.3 is 10.1 Å². The van der Waals surface area contributed by atoms with Crippen LogP contribution in [0.4, 0.5) is 11.6 Å². The molecule has 2 heterocycles. The highest BCUT2D eigenvalue weighted by atomic mass is 32.2. The van der Waals surface area contributed by atoms with E-state index in [0.29, 0.717) is 35.8 Å². The summed E-state index contributed by atoms with van der Waals surface area (Å²) in [6, 6.07) is 8.88. The van der Waals surface area contributed by atoms with Gasteiger partial charge in [-0.25, -0.2) is 23.4 Å². The van der Waals surface area contributed by atoms with E-state index in [2.05, 4.69) is 30.0 Å². The number of benzene rings is 1. The van der Waals surface area contributed by atoms with Crippen molar-refractivity contribution in [3.05, 3.63) is 54.6 Å². The highest BCUT2D eigenvalue weighted by molar-refractivity contribution is 7.93. The summed E-state index contributed by atoms with van der Waals surface area (Å²) in [5.41, 5.74) is 1.50. The topological polar surface area (TPSA) is 136 Å². The van der Waals surface area contributed by atoms with Crippen LogP contribution in [0, 0.1) is 0 Å². The van der Waals surface area contributed by atoms with E-state index in [1.807, 2.05) is 12.1 Å². The highest BCUT2D eigenvalue weighted by Gasteiger charge is 2.37. The van der Waals surface area contributed by atoms with Crippen molar-refractivity contribution in [2.45, 2.75) is 56.3 Å². The molecular formula is C24H26N6O4S. The lowest BCUT2D eigenvalue weighted by atomic mass is 9.88. The van der Waals surface area contributed by atoms with Crippen molar-refractivity contribution in [2.24, 2.45) is 0 Å². The first kappa shape index (κ1) is 23.2. The summed E-state index contributed by atoms with van der Waals surface area (Å²) in [5.74, 6) is 0.181. The van der Waals surface area contributed by atoms with Gasteiger partial charge in [-0.1, -0.05) is 12.1 Å². The van der Waals surface area contributed by atoms with E-state index in [0.717, 1.165) is 18.4 Å². The highest BCUT2D eigenvalue weighted by Crippen LogP contribution is 2.30. The van der Waals surface area contributed by atoms with Crippen LogP contribution >= 0.6 is 0 Å². The molecule has 1 aromatic carbocycles. The molecule has 0 spiro atoms. The lowest BCUT2D eigenvalue weighted by Gasteiger charge is -2.23. The monoisotopic (exact) mass is 494 g/mol. The third-order valence-corrected chi connectivity index (χ3v) is 7.74. The Kier molecular flexibility index (Phi) is 5.87. The molecular weight excluding hydrogens is 468 g/mol. The summed E-state index contributed by atoms with van der Waals surface area (Å²) in [7, 11) is -3.50. The van der Waals surface area contributed by atoms with Crippen molar-refractivity contribution in [3.8, 4) is 17.1 Å². The summed E-state index contributed by atoms with van der Waals surface area (Å²) in [6.45, 7) is 3.44. The maximum absolute atomic E-state index is 13.1. The van der Waals surface area contributed by atoms with Crippen LogP contribution in [0.25, 0.3) is 11.3 Å². The molecule has 182 valence electrons. The fourth-order valence-electron chi connectivity index (χ4n) is 3.37. The van der Waals surface area contributed by atoms with Crippen LogP contribution in [-0.2, 0) is 20.2 Å². The SMILES string of the molecule is CC(C)(C(=O)Nc1ccc(-c2cncc(OC3CC3)n2)cc1)c1ccnc(NS(=O)(=O)C2CC2)n1. The standard InChI is InChI=1S/C24H26N6O4S/c1-24(2,20-11-12-26-23(29-20)30-35(32,33)18-9-10-18)22(31)27-16-5-3-15(4-6-16)19-13-25-14-21(28-19)34-17-7-8-17/h3-6,11-14,17-18H,7-10H2,1-2H3,(H,27,31)(H,26,29,30). The van der Waals surface area contributed by atoms with Crippen molar-refractivity contribution in [1.82, 2.24) is 19.9 Å². The van der Waals surface area contributed by atoms with Gasteiger partial charge in [0.05, 0.1) is 34.4 Å². The number of nitrogens with zero attached hydrogens (tertiary/aromatic N) is 4. The Morgan fingerprint density at radius 2 is 1.77 bits per heavy atom. The summed E-state index contributed by atoms with van der Waals surface area (Å²) in [4.78, 5) is 30.1. The normalized spacial score (nSPS) is 15.9. The molecule has 0 radical (unpaired) electrons. The second kappa shape index (κ2) is 8.88. The van der Waals surface area contributed by atoms with E-state index >= 15 is 0 Å². The third kappa shape index (κ3) is 5.40. The zero-order valence-electron chi connectivity index (χ0n) is 19.4. The lowest BCUT2D eigenvalue weighted by molar-refractivity contribution is -0.120. The molecule has 2 saturated carbocycles. The van der Waals surface area contributed by atoms with Gasteiger partial charge in [0.2, 0.25) is 27.8 Å². The zero-order chi connectivity index (χ0) is 24.6. The Labute approximate surface area is 203 Å². The van der Waals surface area contributed by atoms with Crippen molar-refractivity contribution in [3.63, 3.8) is 0 Å². The molecule has 35 heavy (non-hydrogen) atoms. The van der Waals surface area contributed by atoms with Gasteiger partial charge in [0, 0.05) is 17.4 Å². The van der Waals surface area contributed by atoms with Crippen molar-refractivity contribution < 1.29 is 17.9 Å². The number of ether oxygens (including phenoxy) is 1. The molecule has 0 bridgehead atoms. The van der Waals surface area contributed by atoms with Gasteiger partial charge in [0.15, 0.2) is 0 Å². The fraction of sp³-hybridized carbons (Fsp3) is 0.375. The minimum Gasteiger partial charge on any atom is -0.473 e. The van der Waals surface area contributed by atoms with Crippen molar-refractivity contribution >= 4 is 27.6 Å². The summed E-state index contributed by atoms with van der Waals surface area (Å²) < 4.78 is 32.6. The van der Waals surface area contributed by atoms with Gasteiger partial charge in [-0.15, -0.1) is 0 Å². The number of rotatable bonds is 9. The van der Waals surface area contributed by atoms with Crippen LogP contribution in [0.1, 0.15) is 45.2 Å². The molecule has 2 aliphatic rings. The van der Waals surface area contributed by atoms with Crippen LogP contribution in [0.5, 0.6) is 5.88 Å². The number of anilines is 2. The number of sulfonamides is 1. The smallest absolute Gasteiger partial charge is 0.237 e. The van der Waals surface area contributed by atoms with E-state index in [4.69, 9.17) is 4.74 Å². The van der Waals surface area contributed by atoms with Gasteiger partial charge >= 0.3 is 0 Å². The Morgan fingerprint density at radius 3 is 2.46 bits per heavy atom. The number of aromatic nitrogens is 4. The largest absolute Gasteiger partial charge is 0.473 e. The Balaban J connectivity index is 1.27. The molecule has 0 saturated heterocycles. The molecule has 11 heteroatoms. The quantitative estimate of drug-likeness (QED) is 0.462. The van der Waals surface area contributed by atoms with Gasteiger partial charge in [0.1, 0.15) is 6.10 Å². The van der Waals surface area contributed by atoms with Gasteiger partial charge in [-0.3, -0.25) is 14.5 Å². The third-order valence-electron chi connectivity index (χ3n) is 5.92. The fourth-order valence-corrected chi connectivity index (χ4v) is 4.65. The number of carbonyl (C=O) groups is 1. The molecule has 0 atom stereocenters. The molecule has 10 nitrogen and oxygen atoms in total. The van der Waals surface area contributed by atoms with Gasteiger partial charge in [-0.05, 0) is 57.7 Å². The summed E-state index contributed by atoms with van der Waals surface area (Å²) in [6.07, 6.45) is 8.31. The Bertz CT molecular complexity index is 1350. The maximum atomic E-state index is 13.1. The molecule has 2 aromatic heterocycles. The first-order valence-electron chi connectivity index (χ1n) is 11.5. The van der Waals surface area contributed by atoms with Crippen LogP contribution in [0.15, 0.2) is 48.9 Å². The molecule has 2 fully saturated rings. The minimum absolute atomic E-state index is 0.0337. The molecule has 2 N–H and O–H groups in total. The minimum atomic E-state index is -3.50. The van der Waals surface area contributed by atoms with Crippen molar-refractivity contribution in [1.29, 1.82) is 0 Å². The second-order valence-corrected chi connectivity index (χ2v) is 11.3. The summed E-state index contributed by atoms with van der Waals surface area (Å²) >= 11 is 0.